The molecule has 0 spiro atoms. The van der Waals surface area contributed by atoms with E-state index in [1.807, 2.05) is 0 Å². The molecule has 0 bridgehead atoms. The van der Waals surface area contributed by atoms with Gasteiger partial charge in [-0.1, -0.05) is 44.9 Å². The maximum absolute atomic E-state index is 10.1. The fraction of sp³-hybridized carbons (Fsp3) is 0.909. The molecule has 0 atom stereocenters. The monoisotopic (exact) mass is 183 g/mol. The van der Waals surface area contributed by atoms with Crippen molar-refractivity contribution >= 4 is 5.97 Å². The van der Waals surface area contributed by atoms with Crippen molar-refractivity contribution in [1.82, 2.24) is 0 Å². The first-order valence-corrected chi connectivity index (χ1v) is 5.49. The lowest BCUT2D eigenvalue weighted by Crippen LogP contribution is -2.21. The smallest absolute Gasteiger partial charge is 0.0414 e. The zero-order valence-corrected chi connectivity index (χ0v) is 8.26. The quantitative estimate of drug-likeness (QED) is 0.610. The van der Waals surface area contributed by atoms with Gasteiger partial charge in [-0.05, 0) is 18.8 Å². The van der Waals surface area contributed by atoms with Gasteiger partial charge in [0.25, 0.3) is 0 Å². The first-order valence-electron chi connectivity index (χ1n) is 5.49. The van der Waals surface area contributed by atoms with E-state index in [1.54, 1.807) is 0 Å². The maximum Gasteiger partial charge on any atom is 0.0414 e. The normalized spacial score (nSPS) is 18.8. The minimum absolute atomic E-state index is 0.243. The Balaban J connectivity index is 1.95. The zero-order valence-electron chi connectivity index (χ0n) is 8.26. The van der Waals surface area contributed by atoms with Gasteiger partial charge in [-0.25, -0.2) is 0 Å². The number of carboxylic acids is 1. The number of unbranched alkanes of at least 4 members (excludes halogenated alkanes) is 1. The van der Waals surface area contributed by atoms with Crippen LogP contribution in [-0.2, 0) is 4.79 Å². The van der Waals surface area contributed by atoms with Crippen LogP contribution in [-0.4, -0.2) is 5.97 Å². The Hall–Kier alpha value is -0.530. The third-order valence-electron chi connectivity index (χ3n) is 2.97. The van der Waals surface area contributed by atoms with E-state index in [2.05, 4.69) is 0 Å². The second-order valence-electron chi connectivity index (χ2n) is 4.12. The van der Waals surface area contributed by atoms with Crippen molar-refractivity contribution in [1.29, 1.82) is 0 Å². The van der Waals surface area contributed by atoms with E-state index in [0.29, 0.717) is 0 Å². The number of rotatable bonds is 5. The molecule has 0 radical (unpaired) electrons. The van der Waals surface area contributed by atoms with Crippen LogP contribution >= 0.6 is 0 Å². The van der Waals surface area contributed by atoms with Gasteiger partial charge in [0.2, 0.25) is 0 Å². The third-order valence-corrected chi connectivity index (χ3v) is 2.97. The van der Waals surface area contributed by atoms with E-state index in [9.17, 15) is 9.90 Å². The van der Waals surface area contributed by atoms with Crippen molar-refractivity contribution in [2.75, 3.05) is 0 Å². The molecule has 1 saturated carbocycles. The molecule has 0 saturated heterocycles. The molecule has 1 aliphatic carbocycles. The number of hydrogen-bond donors (Lipinski definition) is 0. The van der Waals surface area contributed by atoms with Gasteiger partial charge in [0.05, 0.1) is 0 Å². The number of carbonyl (C=O) groups excluding carboxylic acids is 1. The molecule has 13 heavy (non-hydrogen) atoms. The molecule has 76 valence electrons. The topological polar surface area (TPSA) is 40.1 Å². The Kier molecular flexibility index (Phi) is 4.87. The molecular weight excluding hydrogens is 164 g/mol. The summed E-state index contributed by atoms with van der Waals surface area (Å²) in [6.45, 7) is 0. The van der Waals surface area contributed by atoms with E-state index >= 15 is 0 Å². The number of carbonyl (C=O) groups is 1. The van der Waals surface area contributed by atoms with Crippen molar-refractivity contribution in [3.05, 3.63) is 0 Å². The second kappa shape index (κ2) is 6.01. The lowest BCUT2D eigenvalue weighted by atomic mass is 9.86. The summed E-state index contributed by atoms with van der Waals surface area (Å²) in [6, 6.07) is 0. The molecule has 1 fully saturated rings. The van der Waals surface area contributed by atoms with Gasteiger partial charge < -0.3 is 9.90 Å². The Morgan fingerprint density at radius 2 is 1.85 bits per heavy atom. The van der Waals surface area contributed by atoms with Crippen molar-refractivity contribution in [2.24, 2.45) is 5.92 Å². The minimum atomic E-state index is -0.899. The van der Waals surface area contributed by atoms with Crippen LogP contribution in [0.4, 0.5) is 0 Å². The molecule has 0 amide bonds. The van der Waals surface area contributed by atoms with Crippen LogP contribution in [0.1, 0.15) is 57.8 Å². The standard InChI is InChI=1S/C11H20O2/c12-11(13)9-5-4-8-10-6-2-1-3-7-10/h10H,1-9H2,(H,12,13)/p-1. The van der Waals surface area contributed by atoms with Crippen molar-refractivity contribution < 1.29 is 9.90 Å². The van der Waals surface area contributed by atoms with Gasteiger partial charge in [-0.3, -0.25) is 0 Å². The van der Waals surface area contributed by atoms with Crippen molar-refractivity contribution in [2.45, 2.75) is 57.8 Å². The van der Waals surface area contributed by atoms with Gasteiger partial charge in [-0.2, -0.15) is 0 Å². The lowest BCUT2D eigenvalue weighted by molar-refractivity contribution is -0.305. The van der Waals surface area contributed by atoms with E-state index in [4.69, 9.17) is 0 Å². The highest BCUT2D eigenvalue weighted by Gasteiger charge is 2.12. The summed E-state index contributed by atoms with van der Waals surface area (Å²) in [6.07, 6.45) is 10.2. The van der Waals surface area contributed by atoms with Crippen LogP contribution < -0.4 is 5.11 Å². The molecule has 0 unspecified atom stereocenters. The largest absolute Gasteiger partial charge is 0.550 e. The summed E-state index contributed by atoms with van der Waals surface area (Å²) in [4.78, 5) is 10.1. The predicted octanol–water partition coefficient (Wildman–Crippen LogP) is 1.88. The molecule has 2 nitrogen and oxygen atoms in total. The molecule has 0 aromatic rings. The van der Waals surface area contributed by atoms with E-state index < -0.39 is 5.97 Å². The minimum Gasteiger partial charge on any atom is -0.550 e. The van der Waals surface area contributed by atoms with Crippen LogP contribution in [0.3, 0.4) is 0 Å². The van der Waals surface area contributed by atoms with Crippen LogP contribution in [0.5, 0.6) is 0 Å². The summed E-state index contributed by atoms with van der Waals surface area (Å²) < 4.78 is 0. The third kappa shape index (κ3) is 4.91. The van der Waals surface area contributed by atoms with Crippen LogP contribution in [0.2, 0.25) is 0 Å². The van der Waals surface area contributed by atoms with Crippen LogP contribution in [0, 0.1) is 5.92 Å². The summed E-state index contributed by atoms with van der Waals surface area (Å²) in [5.41, 5.74) is 0. The van der Waals surface area contributed by atoms with Gasteiger partial charge >= 0.3 is 0 Å². The number of carboxylic acid groups (broad SMARTS) is 1. The summed E-state index contributed by atoms with van der Waals surface area (Å²) in [7, 11) is 0. The fourth-order valence-corrected chi connectivity index (χ4v) is 2.18. The van der Waals surface area contributed by atoms with Gasteiger partial charge in [-0.15, -0.1) is 0 Å². The lowest BCUT2D eigenvalue weighted by Gasteiger charge is -2.21. The van der Waals surface area contributed by atoms with Crippen LogP contribution in [0.15, 0.2) is 0 Å². The maximum atomic E-state index is 10.1. The predicted molar refractivity (Wildman–Crippen MR) is 50.1 cm³/mol. The second-order valence-corrected chi connectivity index (χ2v) is 4.12. The molecule has 0 heterocycles. The SMILES string of the molecule is O=C([O-])CCCCC1CCCCC1. The van der Waals surface area contributed by atoms with E-state index in [-0.39, 0.29) is 6.42 Å². The van der Waals surface area contributed by atoms with Gasteiger partial charge in [0, 0.05) is 5.97 Å². The molecular formula is C11H19O2-. The Morgan fingerprint density at radius 3 is 2.46 bits per heavy atom. The first kappa shape index (κ1) is 10.6. The fourth-order valence-electron chi connectivity index (χ4n) is 2.18. The summed E-state index contributed by atoms with van der Waals surface area (Å²) in [5.74, 6) is -0.0147. The van der Waals surface area contributed by atoms with E-state index in [0.717, 1.165) is 18.8 Å². The average Bonchev–Trinajstić information content (AvgIpc) is 2.14. The number of aliphatic carboxylic acids is 1. The highest BCUT2D eigenvalue weighted by Crippen LogP contribution is 2.27. The van der Waals surface area contributed by atoms with Gasteiger partial charge in [0.15, 0.2) is 0 Å². The summed E-state index contributed by atoms with van der Waals surface area (Å²) >= 11 is 0. The van der Waals surface area contributed by atoms with Crippen LogP contribution in [0.25, 0.3) is 0 Å². The first-order chi connectivity index (χ1) is 6.29. The Bertz CT molecular complexity index is 148. The summed E-state index contributed by atoms with van der Waals surface area (Å²) in [5, 5.41) is 10.1. The zero-order chi connectivity index (χ0) is 9.52. The molecule has 0 aromatic heterocycles. The molecule has 1 rings (SSSR count). The average molecular weight is 183 g/mol. The Morgan fingerprint density at radius 1 is 1.15 bits per heavy atom. The molecule has 0 aromatic carbocycles. The van der Waals surface area contributed by atoms with Gasteiger partial charge in [0.1, 0.15) is 0 Å². The molecule has 0 aliphatic heterocycles. The number of hydrogen-bond acceptors (Lipinski definition) is 2. The molecule has 0 N–H and O–H groups in total. The molecule has 1 aliphatic rings. The Labute approximate surface area is 80.3 Å². The van der Waals surface area contributed by atoms with Crippen molar-refractivity contribution in [3.63, 3.8) is 0 Å². The van der Waals surface area contributed by atoms with E-state index in [1.165, 1.54) is 38.5 Å². The molecule has 2 heteroatoms. The highest BCUT2D eigenvalue weighted by atomic mass is 16.4. The highest BCUT2D eigenvalue weighted by molar-refractivity contribution is 5.63. The van der Waals surface area contributed by atoms with Crippen molar-refractivity contribution in [3.8, 4) is 0 Å².